The minimum absolute atomic E-state index is 0.0179. The van der Waals surface area contributed by atoms with Gasteiger partial charge in [0.2, 0.25) is 21.8 Å². The molecule has 0 saturated heterocycles. The second-order valence-electron chi connectivity index (χ2n) is 11.0. The van der Waals surface area contributed by atoms with E-state index in [1.807, 2.05) is 49.4 Å². The van der Waals surface area contributed by atoms with Crippen molar-refractivity contribution < 1.29 is 18.0 Å². The molecule has 43 heavy (non-hydrogen) atoms. The summed E-state index contributed by atoms with van der Waals surface area (Å²) in [5.74, 6) is -0.820. The molecule has 3 aromatic rings. The third kappa shape index (κ3) is 8.74. The van der Waals surface area contributed by atoms with E-state index in [9.17, 15) is 18.0 Å². The average molecular weight is 645 g/mol. The molecule has 230 valence electrons. The normalized spacial score (nSPS) is 14.6. The van der Waals surface area contributed by atoms with Crippen molar-refractivity contribution in [3.63, 3.8) is 0 Å². The Morgan fingerprint density at radius 1 is 0.907 bits per heavy atom. The first kappa shape index (κ1) is 32.8. The van der Waals surface area contributed by atoms with Crippen LogP contribution in [0, 0.1) is 0 Å². The van der Waals surface area contributed by atoms with Gasteiger partial charge in [-0.3, -0.25) is 13.9 Å². The molecule has 10 heteroatoms. The number of para-hydroxylation sites is 1. The average Bonchev–Trinajstić information content (AvgIpc) is 2.99. The maximum Gasteiger partial charge on any atom is 0.244 e. The lowest BCUT2D eigenvalue weighted by molar-refractivity contribution is -0.140. The van der Waals surface area contributed by atoms with Gasteiger partial charge in [-0.2, -0.15) is 0 Å². The molecular weight excluding hydrogens is 605 g/mol. The van der Waals surface area contributed by atoms with Crippen molar-refractivity contribution in [2.75, 3.05) is 17.1 Å². The summed E-state index contributed by atoms with van der Waals surface area (Å²) in [6.45, 7) is 1.37. The molecule has 0 spiro atoms. The summed E-state index contributed by atoms with van der Waals surface area (Å²) >= 11 is 13.1. The Morgan fingerprint density at radius 3 is 2.16 bits per heavy atom. The Bertz CT molecular complexity index is 1490. The van der Waals surface area contributed by atoms with Crippen LogP contribution in [0.2, 0.25) is 10.0 Å². The summed E-state index contributed by atoms with van der Waals surface area (Å²) < 4.78 is 27.4. The molecule has 4 rings (SSSR count). The van der Waals surface area contributed by atoms with Crippen molar-refractivity contribution in [1.82, 2.24) is 10.2 Å². The first-order valence-electron chi connectivity index (χ1n) is 14.7. The van der Waals surface area contributed by atoms with Crippen LogP contribution in [0.15, 0.2) is 72.8 Å². The number of carbonyl (C=O) groups excluding carboxylic acids is 2. The summed E-state index contributed by atoms with van der Waals surface area (Å²) in [7, 11) is -3.86. The summed E-state index contributed by atoms with van der Waals surface area (Å²) in [6.07, 6.45) is 6.86. The fourth-order valence-electron chi connectivity index (χ4n) is 5.60. The van der Waals surface area contributed by atoms with E-state index >= 15 is 0 Å². The number of hydrogen-bond donors (Lipinski definition) is 1. The number of nitrogens with one attached hydrogen (secondary N) is 1. The van der Waals surface area contributed by atoms with Crippen LogP contribution < -0.4 is 9.62 Å². The summed E-state index contributed by atoms with van der Waals surface area (Å²) in [5, 5.41) is 3.90. The van der Waals surface area contributed by atoms with Crippen molar-refractivity contribution >= 4 is 50.7 Å². The Balaban J connectivity index is 1.77. The highest BCUT2D eigenvalue weighted by atomic mass is 35.5. The van der Waals surface area contributed by atoms with Gasteiger partial charge in [-0.15, -0.1) is 0 Å². The van der Waals surface area contributed by atoms with Crippen molar-refractivity contribution in [3.05, 3.63) is 99.5 Å². The smallest absolute Gasteiger partial charge is 0.244 e. The second kappa shape index (κ2) is 15.1. The minimum atomic E-state index is -3.86. The molecule has 3 aromatic carbocycles. The van der Waals surface area contributed by atoms with Gasteiger partial charge in [0.1, 0.15) is 12.6 Å². The molecule has 1 saturated carbocycles. The summed E-state index contributed by atoms with van der Waals surface area (Å²) in [5.41, 5.74) is 2.58. The zero-order valence-corrected chi connectivity index (χ0v) is 27.0. The number of sulfonamides is 1. The zero-order valence-electron chi connectivity index (χ0n) is 24.6. The van der Waals surface area contributed by atoms with Crippen LogP contribution in [0.25, 0.3) is 0 Å². The maximum absolute atomic E-state index is 14.4. The van der Waals surface area contributed by atoms with Crippen LogP contribution in [0.5, 0.6) is 0 Å². The van der Waals surface area contributed by atoms with E-state index in [1.54, 1.807) is 30.3 Å². The van der Waals surface area contributed by atoms with Crippen LogP contribution >= 0.6 is 23.2 Å². The van der Waals surface area contributed by atoms with E-state index in [-0.39, 0.29) is 24.9 Å². The van der Waals surface area contributed by atoms with Gasteiger partial charge in [0.05, 0.1) is 11.9 Å². The molecule has 1 aliphatic rings. The Morgan fingerprint density at radius 2 is 1.53 bits per heavy atom. The first-order valence-corrected chi connectivity index (χ1v) is 17.3. The molecule has 0 bridgehead atoms. The topological polar surface area (TPSA) is 86.8 Å². The first-order chi connectivity index (χ1) is 20.6. The largest absolute Gasteiger partial charge is 0.352 e. The second-order valence-corrected chi connectivity index (χ2v) is 13.7. The predicted octanol–water partition coefficient (Wildman–Crippen LogP) is 6.41. The molecule has 1 aliphatic carbocycles. The lowest BCUT2D eigenvalue weighted by Crippen LogP contribution is -2.55. The molecule has 0 heterocycles. The number of benzene rings is 3. The molecule has 0 aromatic heterocycles. The van der Waals surface area contributed by atoms with E-state index in [4.69, 9.17) is 23.2 Å². The molecule has 0 unspecified atom stereocenters. The number of carbonyl (C=O) groups is 2. The fourth-order valence-corrected chi connectivity index (χ4v) is 7.00. The fraction of sp³-hybridized carbons (Fsp3) is 0.394. The van der Waals surface area contributed by atoms with Crippen LogP contribution in [-0.4, -0.2) is 50.0 Å². The van der Waals surface area contributed by atoms with Crippen molar-refractivity contribution in [1.29, 1.82) is 0 Å². The highest BCUT2D eigenvalue weighted by Gasteiger charge is 2.35. The van der Waals surface area contributed by atoms with Gasteiger partial charge in [-0.25, -0.2) is 8.42 Å². The third-order valence-corrected chi connectivity index (χ3v) is 9.77. The van der Waals surface area contributed by atoms with Crippen LogP contribution in [0.3, 0.4) is 0 Å². The molecular formula is C33H39Cl2N3O4S. The summed E-state index contributed by atoms with van der Waals surface area (Å²) in [4.78, 5) is 29.9. The van der Waals surface area contributed by atoms with E-state index in [0.29, 0.717) is 27.7 Å². The van der Waals surface area contributed by atoms with Gasteiger partial charge in [0.15, 0.2) is 0 Å². The predicted molar refractivity (Wildman–Crippen MR) is 174 cm³/mol. The minimum Gasteiger partial charge on any atom is -0.352 e. The number of nitrogens with zero attached hydrogens (tertiary/aromatic N) is 2. The van der Waals surface area contributed by atoms with Crippen molar-refractivity contribution in [2.45, 2.75) is 70.5 Å². The quantitative estimate of drug-likeness (QED) is 0.247. The Labute approximate surface area is 265 Å². The highest BCUT2D eigenvalue weighted by molar-refractivity contribution is 7.92. The Hall–Kier alpha value is -3.07. The summed E-state index contributed by atoms with van der Waals surface area (Å²) in [6, 6.07) is 20.7. The van der Waals surface area contributed by atoms with Crippen LogP contribution in [0.4, 0.5) is 5.69 Å². The lowest BCUT2D eigenvalue weighted by atomic mass is 9.94. The SMILES string of the molecule is CCc1ccccc1N(CC(=O)N(Cc1c(Cl)cccc1Cl)[C@H](Cc1ccccc1)C(=O)NC1CCCCC1)S(C)(=O)=O. The number of aryl methyl sites for hydroxylation is 1. The van der Waals surface area contributed by atoms with E-state index in [1.165, 1.54) is 4.90 Å². The number of rotatable bonds is 12. The maximum atomic E-state index is 14.4. The molecule has 1 fully saturated rings. The molecule has 1 N–H and O–H groups in total. The molecule has 0 radical (unpaired) electrons. The van der Waals surface area contributed by atoms with Crippen molar-refractivity contribution in [2.24, 2.45) is 0 Å². The van der Waals surface area contributed by atoms with Gasteiger partial charge < -0.3 is 10.2 Å². The van der Waals surface area contributed by atoms with Crippen LogP contribution in [0.1, 0.15) is 55.7 Å². The van der Waals surface area contributed by atoms with E-state index in [2.05, 4.69) is 5.32 Å². The van der Waals surface area contributed by atoms with E-state index in [0.717, 1.165) is 53.8 Å². The highest BCUT2D eigenvalue weighted by Crippen LogP contribution is 2.29. The number of hydrogen-bond acceptors (Lipinski definition) is 4. The van der Waals surface area contributed by atoms with Crippen molar-refractivity contribution in [3.8, 4) is 0 Å². The monoisotopic (exact) mass is 643 g/mol. The van der Waals surface area contributed by atoms with Crippen LogP contribution in [-0.2, 0) is 39.0 Å². The molecule has 0 aliphatic heterocycles. The van der Waals surface area contributed by atoms with Gasteiger partial charge in [-0.1, -0.05) is 104 Å². The number of anilines is 1. The lowest BCUT2D eigenvalue weighted by Gasteiger charge is -2.35. The molecule has 2 amide bonds. The van der Waals surface area contributed by atoms with Gasteiger partial charge >= 0.3 is 0 Å². The van der Waals surface area contributed by atoms with Gasteiger partial charge in [0.25, 0.3) is 0 Å². The zero-order chi connectivity index (χ0) is 31.0. The molecule has 1 atom stereocenters. The Kier molecular flexibility index (Phi) is 11.5. The number of amides is 2. The third-order valence-electron chi connectivity index (χ3n) is 7.93. The number of halogens is 2. The van der Waals surface area contributed by atoms with E-state index < -0.39 is 28.5 Å². The molecule has 7 nitrogen and oxygen atoms in total. The van der Waals surface area contributed by atoms with Gasteiger partial charge in [-0.05, 0) is 48.6 Å². The van der Waals surface area contributed by atoms with Gasteiger partial charge in [0, 0.05) is 34.6 Å². The standard InChI is InChI=1S/C33H39Cl2N3O4S/c1-3-25-15-10-11-20-30(25)38(43(2,41)42)23-32(39)37(22-27-28(34)18-12-19-29(27)35)31(21-24-13-6-4-7-14-24)33(40)36-26-16-8-5-9-17-26/h4,6-7,10-15,18-20,26,31H,3,5,8-9,16-17,21-23H2,1-2H3,(H,36,40)/t31-/m1/s1.